The van der Waals surface area contributed by atoms with E-state index in [9.17, 15) is 34.5 Å². The highest BCUT2D eigenvalue weighted by Crippen LogP contribution is 2.16. The number of nitrogens with one attached hydrogen (secondary N) is 1. The number of hydrogen-bond acceptors (Lipinski definition) is 1. The van der Waals surface area contributed by atoms with Crippen LogP contribution in [0.5, 0.6) is 0 Å². The van der Waals surface area contributed by atoms with Crippen molar-refractivity contribution in [2.45, 2.75) is 0 Å². The van der Waals surface area contributed by atoms with Gasteiger partial charge in [-0.05, 0) is 17.2 Å². The van der Waals surface area contributed by atoms with E-state index in [2.05, 4.69) is 11.1 Å². The van der Waals surface area contributed by atoms with Gasteiger partial charge in [-0.1, -0.05) is 12.1 Å². The summed E-state index contributed by atoms with van der Waals surface area (Å²) in [4.78, 5) is 3.01. The lowest BCUT2D eigenvalue weighted by molar-refractivity contribution is -0.595. The molecule has 0 aliphatic rings. The molecule has 0 saturated carbocycles. The molecule has 0 atom stereocenters. The number of halogens is 8. The predicted octanol–water partition coefficient (Wildman–Crippen LogP) is 4.92. The maximum Gasteiger partial charge on any atom is 0.673 e. The average molecular weight is 433 g/mol. The lowest BCUT2D eigenvalue weighted by Crippen LogP contribution is -2.30. The van der Waals surface area contributed by atoms with Crippen LogP contribution in [0.15, 0.2) is 73.3 Å². The monoisotopic (exact) mass is 433 g/mol. The maximum atomic E-state index is 9.75. The van der Waals surface area contributed by atoms with Crippen molar-refractivity contribution in [2.75, 3.05) is 0 Å². The minimum absolute atomic E-state index is 0.666. The molecule has 1 aromatic carbocycles. The number of nitrogens with zero attached hydrogens (tertiary/aromatic N) is 2. The van der Waals surface area contributed by atoms with E-state index in [4.69, 9.17) is 5.26 Å². The summed E-state index contributed by atoms with van der Waals surface area (Å²) >= 11 is 0. The van der Waals surface area contributed by atoms with Gasteiger partial charge in [-0.3, -0.25) is 0 Å². The summed E-state index contributed by atoms with van der Waals surface area (Å²) in [7, 11) is -12.0. The van der Waals surface area contributed by atoms with E-state index in [0.717, 1.165) is 16.8 Å². The Morgan fingerprint density at radius 1 is 0.700 bits per heavy atom. The molecule has 3 aromatic rings. The molecular weight excluding hydrogens is 420 g/mol. The van der Waals surface area contributed by atoms with E-state index in [1.165, 1.54) is 0 Å². The van der Waals surface area contributed by atoms with Crippen molar-refractivity contribution in [3.05, 3.63) is 78.9 Å². The molecule has 2 heterocycles. The molecule has 30 heavy (non-hydrogen) atoms. The lowest BCUT2D eigenvalue weighted by Gasteiger charge is -2.00. The van der Waals surface area contributed by atoms with Crippen LogP contribution in [0.25, 0.3) is 16.8 Å². The van der Waals surface area contributed by atoms with Crippen molar-refractivity contribution < 1.29 is 44.1 Å². The number of nitriles is 1. The smallest absolute Gasteiger partial charge is 0.418 e. The number of para-hydroxylation sites is 1. The molecule has 0 saturated heterocycles. The Hall–Kier alpha value is -3.42. The fourth-order valence-corrected chi connectivity index (χ4v) is 2.15. The fraction of sp³-hybridized carbons (Fsp3) is 0. The highest BCUT2D eigenvalue weighted by atomic mass is 19.5. The molecule has 13 heteroatoms. The number of aromatic nitrogens is 2. The van der Waals surface area contributed by atoms with Crippen LogP contribution in [0, 0.1) is 11.3 Å². The summed E-state index contributed by atoms with van der Waals surface area (Å²) in [5.74, 6) is 0. The van der Waals surface area contributed by atoms with Crippen molar-refractivity contribution >= 4 is 14.5 Å². The van der Waals surface area contributed by atoms with E-state index in [1.807, 2.05) is 77.9 Å². The molecule has 0 spiro atoms. The Labute approximate surface area is 166 Å². The number of benzene rings is 1. The van der Waals surface area contributed by atoms with Crippen molar-refractivity contribution in [2.24, 2.45) is 0 Å². The van der Waals surface area contributed by atoms with E-state index < -0.39 is 14.5 Å². The van der Waals surface area contributed by atoms with Gasteiger partial charge in [-0.2, -0.15) is 9.83 Å². The molecule has 0 aliphatic carbocycles. The van der Waals surface area contributed by atoms with Gasteiger partial charge in [0.25, 0.3) is 0 Å². The van der Waals surface area contributed by atoms with Crippen LogP contribution in [0.4, 0.5) is 34.5 Å². The highest BCUT2D eigenvalue weighted by molar-refractivity contribution is 6.50. The molecule has 158 valence electrons. The molecule has 3 nitrogen and oxygen atoms in total. The van der Waals surface area contributed by atoms with Crippen molar-refractivity contribution in [3.8, 4) is 22.9 Å². The first-order valence-corrected chi connectivity index (χ1v) is 8.10. The van der Waals surface area contributed by atoms with E-state index in [-0.39, 0.29) is 0 Å². The standard InChI is InChI=1S/C17H12N3.2BF4/c18-13-16-3-1-2-4-17(16)20-11-7-15(8-12-20)14-5-9-19-10-6-14;2*2-1(3,4)5/h1-12H;;/q+1;2*-1/p+1. The molecule has 0 bridgehead atoms. The first-order valence-electron chi connectivity index (χ1n) is 8.10. The normalized spacial score (nSPS) is 10.6. The first kappa shape index (κ1) is 24.6. The molecule has 2 aromatic heterocycles. The van der Waals surface area contributed by atoms with Gasteiger partial charge in [-0.25, -0.2) is 4.98 Å². The van der Waals surface area contributed by atoms with Crippen molar-refractivity contribution in [1.29, 1.82) is 5.26 Å². The molecule has 0 fully saturated rings. The van der Waals surface area contributed by atoms with Crippen LogP contribution in [0.3, 0.4) is 0 Å². The van der Waals surface area contributed by atoms with Crippen LogP contribution in [-0.2, 0) is 0 Å². The molecule has 0 radical (unpaired) electrons. The van der Waals surface area contributed by atoms with Crippen LogP contribution in [0.1, 0.15) is 5.56 Å². The third-order valence-corrected chi connectivity index (χ3v) is 3.18. The molecule has 0 amide bonds. The van der Waals surface area contributed by atoms with Gasteiger partial charge < -0.3 is 34.5 Å². The maximum absolute atomic E-state index is 9.75. The van der Waals surface area contributed by atoms with Crippen molar-refractivity contribution in [3.63, 3.8) is 0 Å². The second-order valence-corrected chi connectivity index (χ2v) is 5.40. The molecule has 3 rings (SSSR count). The predicted molar refractivity (Wildman–Crippen MR) is 95.1 cm³/mol. The summed E-state index contributed by atoms with van der Waals surface area (Å²) in [6, 6.07) is 17.9. The number of H-pyrrole nitrogens is 1. The van der Waals surface area contributed by atoms with Gasteiger partial charge in [0.15, 0.2) is 24.8 Å². The van der Waals surface area contributed by atoms with E-state index in [0.29, 0.717) is 5.56 Å². The Morgan fingerprint density at radius 2 is 1.13 bits per heavy atom. The minimum atomic E-state index is -6.00. The van der Waals surface area contributed by atoms with Crippen LogP contribution in [0.2, 0.25) is 0 Å². The zero-order valence-electron chi connectivity index (χ0n) is 15.0. The van der Waals surface area contributed by atoms with E-state index >= 15 is 0 Å². The number of rotatable bonds is 2. The SMILES string of the molecule is F[B-](F)(F)F.F[B-](F)(F)F.N#Cc1ccccc1-[n+]1ccc(-c2cc[nH+]cc2)cc1. The molecule has 1 N–H and O–H groups in total. The number of pyridine rings is 2. The zero-order chi connectivity index (χ0) is 22.8. The largest absolute Gasteiger partial charge is 0.673 e. The third kappa shape index (κ3) is 10.8. The Morgan fingerprint density at radius 3 is 1.60 bits per heavy atom. The third-order valence-electron chi connectivity index (χ3n) is 3.18. The first-order chi connectivity index (χ1) is 13.9. The Balaban J connectivity index is 0.000000378. The van der Waals surface area contributed by atoms with Crippen LogP contribution >= 0.6 is 0 Å². The zero-order valence-corrected chi connectivity index (χ0v) is 15.0. The van der Waals surface area contributed by atoms with Gasteiger partial charge in [0.05, 0.1) is 0 Å². The Kier molecular flexibility index (Phi) is 8.98. The van der Waals surface area contributed by atoms with Gasteiger partial charge in [0.1, 0.15) is 11.6 Å². The Bertz CT molecular complexity index is 932. The fourth-order valence-electron chi connectivity index (χ4n) is 2.15. The number of aromatic amines is 1. The van der Waals surface area contributed by atoms with Crippen LogP contribution in [-0.4, -0.2) is 14.5 Å². The molecule has 0 aliphatic heterocycles. The summed E-state index contributed by atoms with van der Waals surface area (Å²) in [5.41, 5.74) is 3.86. The van der Waals surface area contributed by atoms with E-state index in [1.54, 1.807) is 0 Å². The molecule has 0 unspecified atom stereocenters. The van der Waals surface area contributed by atoms with Gasteiger partial charge >= 0.3 is 14.5 Å². The lowest BCUT2D eigenvalue weighted by atomic mass is 10.1. The number of hydrogen-bond donors (Lipinski definition) is 0. The summed E-state index contributed by atoms with van der Waals surface area (Å²) < 4.78 is 80.0. The highest BCUT2D eigenvalue weighted by Gasteiger charge is 2.21. The summed E-state index contributed by atoms with van der Waals surface area (Å²) in [6.07, 6.45) is 7.76. The quantitative estimate of drug-likeness (QED) is 0.322. The summed E-state index contributed by atoms with van der Waals surface area (Å²) in [5, 5.41) is 9.15. The van der Waals surface area contributed by atoms with Crippen LogP contribution < -0.4 is 9.55 Å². The molecular formula is C17H13B2F8N3. The van der Waals surface area contributed by atoms with Gasteiger partial charge in [0, 0.05) is 30.3 Å². The second kappa shape index (κ2) is 10.9. The van der Waals surface area contributed by atoms with Gasteiger partial charge in [0.2, 0.25) is 5.69 Å². The van der Waals surface area contributed by atoms with Crippen molar-refractivity contribution in [1.82, 2.24) is 0 Å². The minimum Gasteiger partial charge on any atom is -0.418 e. The summed E-state index contributed by atoms with van der Waals surface area (Å²) in [6.45, 7) is 0. The van der Waals surface area contributed by atoms with Gasteiger partial charge in [-0.15, -0.1) is 0 Å². The topological polar surface area (TPSA) is 41.8 Å². The average Bonchev–Trinajstić information content (AvgIpc) is 2.66. The second-order valence-electron chi connectivity index (χ2n) is 5.40.